The lowest BCUT2D eigenvalue weighted by Crippen LogP contribution is -2.24. The highest BCUT2D eigenvalue weighted by Crippen LogP contribution is 2.25. The second-order valence-electron chi connectivity index (χ2n) is 5.76. The average molecular weight is 248 g/mol. The molecule has 1 saturated heterocycles. The monoisotopic (exact) mass is 248 g/mol. The van der Waals surface area contributed by atoms with E-state index >= 15 is 0 Å². The van der Waals surface area contributed by atoms with Crippen LogP contribution in [0.2, 0.25) is 0 Å². The molecular formula is C14H24N4. The molecule has 2 atom stereocenters. The van der Waals surface area contributed by atoms with Crippen LogP contribution < -0.4 is 10.2 Å². The van der Waals surface area contributed by atoms with E-state index in [4.69, 9.17) is 0 Å². The van der Waals surface area contributed by atoms with Crippen LogP contribution in [0.4, 0.5) is 5.82 Å². The number of anilines is 1. The molecule has 1 aliphatic rings. The van der Waals surface area contributed by atoms with E-state index in [1.807, 2.05) is 12.4 Å². The molecule has 0 bridgehead atoms. The van der Waals surface area contributed by atoms with Crippen LogP contribution in [0.15, 0.2) is 12.4 Å². The second-order valence-corrected chi connectivity index (χ2v) is 5.76. The molecule has 4 heteroatoms. The first-order chi connectivity index (χ1) is 8.56. The first-order valence-electron chi connectivity index (χ1n) is 6.85. The largest absolute Gasteiger partial charge is 0.355 e. The molecule has 0 saturated carbocycles. The predicted octanol–water partition coefficient (Wildman–Crippen LogP) is 2.07. The predicted molar refractivity (Wildman–Crippen MR) is 74.5 cm³/mol. The Morgan fingerprint density at radius 1 is 1.22 bits per heavy atom. The van der Waals surface area contributed by atoms with Crippen molar-refractivity contribution in [3.63, 3.8) is 0 Å². The minimum absolute atomic E-state index is 0.478. The molecule has 18 heavy (non-hydrogen) atoms. The molecular weight excluding hydrogens is 224 g/mol. The topological polar surface area (TPSA) is 41.1 Å². The van der Waals surface area contributed by atoms with Crippen LogP contribution in [-0.2, 0) is 6.54 Å². The molecule has 100 valence electrons. The Hall–Kier alpha value is -1.16. The quantitative estimate of drug-likeness (QED) is 0.885. The highest BCUT2D eigenvalue weighted by Gasteiger charge is 2.26. The zero-order chi connectivity index (χ0) is 13.1. The third-order valence-electron chi connectivity index (χ3n) is 3.70. The first-order valence-corrected chi connectivity index (χ1v) is 6.85. The van der Waals surface area contributed by atoms with Gasteiger partial charge in [0.15, 0.2) is 0 Å². The van der Waals surface area contributed by atoms with Crippen LogP contribution in [0, 0.1) is 11.8 Å². The van der Waals surface area contributed by atoms with Crippen molar-refractivity contribution in [3.05, 3.63) is 18.1 Å². The lowest BCUT2D eigenvalue weighted by atomic mass is 10.0. The Labute approximate surface area is 110 Å². The molecule has 2 unspecified atom stereocenters. The van der Waals surface area contributed by atoms with Gasteiger partial charge in [0, 0.05) is 25.7 Å². The van der Waals surface area contributed by atoms with E-state index in [0.29, 0.717) is 6.04 Å². The van der Waals surface area contributed by atoms with Gasteiger partial charge in [-0.25, -0.2) is 4.98 Å². The SMILES string of the molecule is CC(C)NCc1cnc(N2CC(C)C(C)C2)cn1. The zero-order valence-corrected chi connectivity index (χ0v) is 11.8. The Morgan fingerprint density at radius 3 is 2.39 bits per heavy atom. The summed E-state index contributed by atoms with van der Waals surface area (Å²) in [7, 11) is 0. The van der Waals surface area contributed by atoms with Gasteiger partial charge in [-0.15, -0.1) is 0 Å². The van der Waals surface area contributed by atoms with Crippen molar-refractivity contribution in [2.45, 2.75) is 40.3 Å². The maximum absolute atomic E-state index is 4.53. The van der Waals surface area contributed by atoms with E-state index in [-0.39, 0.29) is 0 Å². The molecule has 0 aromatic carbocycles. The third kappa shape index (κ3) is 3.19. The Morgan fingerprint density at radius 2 is 1.89 bits per heavy atom. The van der Waals surface area contributed by atoms with E-state index in [1.165, 1.54) is 0 Å². The van der Waals surface area contributed by atoms with Gasteiger partial charge < -0.3 is 10.2 Å². The normalized spacial score (nSPS) is 23.9. The minimum Gasteiger partial charge on any atom is -0.355 e. The summed E-state index contributed by atoms with van der Waals surface area (Å²) in [6.07, 6.45) is 3.79. The Balaban J connectivity index is 1.95. The summed E-state index contributed by atoms with van der Waals surface area (Å²) >= 11 is 0. The molecule has 1 aliphatic heterocycles. The van der Waals surface area contributed by atoms with Gasteiger partial charge in [-0.3, -0.25) is 4.98 Å². The van der Waals surface area contributed by atoms with Crippen LogP contribution in [-0.4, -0.2) is 29.1 Å². The summed E-state index contributed by atoms with van der Waals surface area (Å²) in [6.45, 7) is 11.9. The third-order valence-corrected chi connectivity index (χ3v) is 3.70. The van der Waals surface area contributed by atoms with Crippen LogP contribution in [0.1, 0.15) is 33.4 Å². The molecule has 4 nitrogen and oxygen atoms in total. The molecule has 0 amide bonds. The van der Waals surface area contributed by atoms with Crippen molar-refractivity contribution in [2.24, 2.45) is 11.8 Å². The summed E-state index contributed by atoms with van der Waals surface area (Å²) in [5.74, 6) is 2.50. The van der Waals surface area contributed by atoms with E-state index in [2.05, 4.69) is 47.9 Å². The van der Waals surface area contributed by atoms with Gasteiger partial charge in [-0.2, -0.15) is 0 Å². The van der Waals surface area contributed by atoms with E-state index < -0.39 is 0 Å². The Bertz CT molecular complexity index is 364. The van der Waals surface area contributed by atoms with Crippen molar-refractivity contribution >= 4 is 5.82 Å². The Kier molecular flexibility index (Phi) is 4.17. The maximum atomic E-state index is 4.53. The summed E-state index contributed by atoms with van der Waals surface area (Å²) in [6, 6.07) is 0.478. The first kappa shape index (κ1) is 13.3. The zero-order valence-electron chi connectivity index (χ0n) is 11.8. The van der Waals surface area contributed by atoms with Crippen LogP contribution in [0.3, 0.4) is 0 Å². The van der Waals surface area contributed by atoms with Crippen molar-refractivity contribution in [3.8, 4) is 0 Å². The molecule has 0 aliphatic carbocycles. The lowest BCUT2D eigenvalue weighted by molar-refractivity contribution is 0.494. The molecule has 2 heterocycles. The molecule has 1 aromatic rings. The molecule has 2 rings (SSSR count). The number of hydrogen-bond acceptors (Lipinski definition) is 4. The molecule has 1 N–H and O–H groups in total. The minimum atomic E-state index is 0.478. The summed E-state index contributed by atoms with van der Waals surface area (Å²) in [4.78, 5) is 11.3. The molecule has 1 fully saturated rings. The van der Waals surface area contributed by atoms with E-state index in [1.54, 1.807) is 0 Å². The van der Waals surface area contributed by atoms with Crippen LogP contribution in [0.25, 0.3) is 0 Å². The number of hydrogen-bond donors (Lipinski definition) is 1. The molecule has 1 aromatic heterocycles. The fourth-order valence-corrected chi connectivity index (χ4v) is 2.23. The molecule has 0 spiro atoms. The van der Waals surface area contributed by atoms with Crippen LogP contribution in [0.5, 0.6) is 0 Å². The molecule has 0 radical (unpaired) electrons. The highest BCUT2D eigenvalue weighted by atomic mass is 15.2. The van der Waals surface area contributed by atoms with Gasteiger partial charge in [0.1, 0.15) is 5.82 Å². The van der Waals surface area contributed by atoms with Crippen molar-refractivity contribution in [1.29, 1.82) is 0 Å². The van der Waals surface area contributed by atoms with Crippen molar-refractivity contribution < 1.29 is 0 Å². The van der Waals surface area contributed by atoms with Crippen LogP contribution >= 0.6 is 0 Å². The average Bonchev–Trinajstić information content (AvgIpc) is 2.68. The number of nitrogens with one attached hydrogen (secondary N) is 1. The summed E-state index contributed by atoms with van der Waals surface area (Å²) in [5.41, 5.74) is 1.01. The number of aromatic nitrogens is 2. The highest BCUT2D eigenvalue weighted by molar-refractivity contribution is 5.37. The summed E-state index contributed by atoms with van der Waals surface area (Å²) in [5, 5.41) is 3.35. The van der Waals surface area contributed by atoms with Gasteiger partial charge in [-0.1, -0.05) is 27.7 Å². The maximum Gasteiger partial charge on any atom is 0.147 e. The lowest BCUT2D eigenvalue weighted by Gasteiger charge is -2.16. The van der Waals surface area contributed by atoms with Crippen molar-refractivity contribution in [2.75, 3.05) is 18.0 Å². The van der Waals surface area contributed by atoms with Gasteiger partial charge >= 0.3 is 0 Å². The van der Waals surface area contributed by atoms with Gasteiger partial charge in [0.2, 0.25) is 0 Å². The smallest absolute Gasteiger partial charge is 0.147 e. The standard InChI is InChI=1S/C14H24N4/c1-10(2)15-5-13-6-17-14(7-16-13)18-8-11(3)12(4)9-18/h6-7,10-12,15H,5,8-9H2,1-4H3. The number of rotatable bonds is 4. The summed E-state index contributed by atoms with van der Waals surface area (Å²) < 4.78 is 0. The van der Waals surface area contributed by atoms with Gasteiger partial charge in [0.25, 0.3) is 0 Å². The van der Waals surface area contributed by atoms with E-state index in [9.17, 15) is 0 Å². The fraction of sp³-hybridized carbons (Fsp3) is 0.714. The van der Waals surface area contributed by atoms with E-state index in [0.717, 1.165) is 43.0 Å². The van der Waals surface area contributed by atoms with Crippen molar-refractivity contribution in [1.82, 2.24) is 15.3 Å². The fourth-order valence-electron chi connectivity index (χ4n) is 2.23. The number of nitrogens with zero attached hydrogens (tertiary/aromatic N) is 3. The second kappa shape index (κ2) is 5.65. The van der Waals surface area contributed by atoms with Gasteiger partial charge in [-0.05, 0) is 11.8 Å². The van der Waals surface area contributed by atoms with Gasteiger partial charge in [0.05, 0.1) is 18.1 Å².